The lowest BCUT2D eigenvalue weighted by Gasteiger charge is -2.27. The Morgan fingerprint density at radius 1 is 0.294 bits per heavy atom. The molecule has 0 amide bonds. The fraction of sp³-hybridized carbons (Fsp3) is 0. The Bertz CT molecular complexity index is 3150. The normalized spacial score (nSPS) is 11.9. The van der Waals surface area contributed by atoms with Crippen LogP contribution in [0.5, 0.6) is 0 Å². The molecule has 0 N–H and O–H groups in total. The lowest BCUT2D eigenvalue weighted by molar-refractivity contribution is 0.669. The van der Waals surface area contributed by atoms with Crippen molar-refractivity contribution < 1.29 is 8.83 Å². The second kappa shape index (κ2) is 10.8. The zero-order valence-electron chi connectivity index (χ0n) is 27.5. The predicted molar refractivity (Wildman–Crippen MR) is 214 cm³/mol. The van der Waals surface area contributed by atoms with E-state index >= 15 is 0 Å². The van der Waals surface area contributed by atoms with E-state index < -0.39 is 0 Å². The molecular weight excluding hydrogens is 623 g/mol. The van der Waals surface area contributed by atoms with Gasteiger partial charge in [-0.05, 0) is 98.7 Å². The lowest BCUT2D eigenvalue weighted by Crippen LogP contribution is -2.10. The molecule has 0 fully saturated rings. The molecule has 3 nitrogen and oxygen atoms in total. The summed E-state index contributed by atoms with van der Waals surface area (Å²) in [5.41, 5.74) is 9.15. The quantitative estimate of drug-likeness (QED) is 0.177. The SMILES string of the molecule is c1ccc(-c2ccc3oc4cc(N(c5ccc6ccc7cc8oc9ccccc9c8cc7c6c5)c5cccc6ccccc56)ccc4c3c2)cc1. The highest BCUT2D eigenvalue weighted by Gasteiger charge is 2.19. The van der Waals surface area contributed by atoms with Crippen LogP contribution in [0.2, 0.25) is 0 Å². The summed E-state index contributed by atoms with van der Waals surface area (Å²) in [4.78, 5) is 2.37. The highest BCUT2D eigenvalue weighted by molar-refractivity contribution is 6.17. The minimum absolute atomic E-state index is 0.860. The van der Waals surface area contributed by atoms with Gasteiger partial charge in [-0.2, -0.15) is 0 Å². The molecule has 9 aromatic carbocycles. The molecule has 2 heterocycles. The molecule has 0 atom stereocenters. The Labute approximate surface area is 293 Å². The van der Waals surface area contributed by atoms with E-state index in [4.69, 9.17) is 8.83 Å². The third-order valence-electron chi connectivity index (χ3n) is 10.4. The van der Waals surface area contributed by atoms with Crippen molar-refractivity contribution in [3.05, 3.63) is 176 Å². The Hall–Kier alpha value is -6.84. The van der Waals surface area contributed by atoms with Gasteiger partial charge in [-0.15, -0.1) is 0 Å². The Kier molecular flexibility index (Phi) is 5.96. The monoisotopic (exact) mass is 651 g/mol. The molecule has 2 aromatic heterocycles. The number of rotatable bonds is 4. The van der Waals surface area contributed by atoms with Gasteiger partial charge in [0.15, 0.2) is 0 Å². The van der Waals surface area contributed by atoms with Crippen molar-refractivity contribution in [3.63, 3.8) is 0 Å². The van der Waals surface area contributed by atoms with Gasteiger partial charge in [0.2, 0.25) is 0 Å². The summed E-state index contributed by atoms with van der Waals surface area (Å²) in [7, 11) is 0. The number of benzene rings is 9. The molecule has 0 spiro atoms. The minimum atomic E-state index is 0.860. The van der Waals surface area contributed by atoms with Crippen LogP contribution in [0, 0.1) is 0 Å². The smallest absolute Gasteiger partial charge is 0.137 e. The number of anilines is 3. The van der Waals surface area contributed by atoms with Gasteiger partial charge in [0, 0.05) is 44.4 Å². The predicted octanol–water partition coefficient (Wildman–Crippen LogP) is 14.1. The van der Waals surface area contributed by atoms with Gasteiger partial charge in [0.1, 0.15) is 22.3 Å². The molecule has 51 heavy (non-hydrogen) atoms. The van der Waals surface area contributed by atoms with E-state index in [9.17, 15) is 0 Å². The molecule has 3 heteroatoms. The standard InChI is InChI=1S/C48H29NO2/c1-2-9-30(10-3-1)33-20-24-46-42(25-33)39-23-22-36(28-48(39)51-46)49(44-15-8-12-31-11-4-5-13-37(31)44)35-21-19-32-17-18-34-26-47-43(29-41(34)40(32)27-35)38-14-6-7-16-45(38)50-47/h1-29H. The number of hydrogen-bond donors (Lipinski definition) is 0. The molecule has 0 aliphatic heterocycles. The maximum absolute atomic E-state index is 6.55. The van der Waals surface area contributed by atoms with Crippen LogP contribution in [-0.2, 0) is 0 Å². The average Bonchev–Trinajstić information content (AvgIpc) is 3.74. The van der Waals surface area contributed by atoms with Crippen LogP contribution in [0.25, 0.3) is 87.3 Å². The summed E-state index contributed by atoms with van der Waals surface area (Å²) in [5.74, 6) is 0. The first-order valence-corrected chi connectivity index (χ1v) is 17.3. The van der Waals surface area contributed by atoms with E-state index in [0.717, 1.165) is 66.3 Å². The van der Waals surface area contributed by atoms with Crippen LogP contribution >= 0.6 is 0 Å². The fourth-order valence-corrected chi connectivity index (χ4v) is 7.95. The summed E-state index contributed by atoms with van der Waals surface area (Å²) < 4.78 is 12.8. The number of para-hydroxylation sites is 1. The first-order chi connectivity index (χ1) is 25.2. The first kappa shape index (κ1) is 28.0. The van der Waals surface area contributed by atoms with E-state index in [0.29, 0.717) is 0 Å². The Balaban J connectivity index is 1.14. The maximum atomic E-state index is 6.55. The zero-order valence-corrected chi connectivity index (χ0v) is 27.5. The number of furan rings is 2. The third-order valence-corrected chi connectivity index (χ3v) is 10.4. The van der Waals surface area contributed by atoms with Gasteiger partial charge >= 0.3 is 0 Å². The Morgan fingerprint density at radius 3 is 1.84 bits per heavy atom. The molecule has 0 aliphatic rings. The van der Waals surface area contributed by atoms with Crippen molar-refractivity contribution in [2.75, 3.05) is 4.90 Å². The average molecular weight is 652 g/mol. The highest BCUT2D eigenvalue weighted by Crippen LogP contribution is 2.44. The molecule has 0 bridgehead atoms. The van der Waals surface area contributed by atoms with E-state index in [-0.39, 0.29) is 0 Å². The molecule has 0 saturated carbocycles. The van der Waals surface area contributed by atoms with Crippen LogP contribution < -0.4 is 4.90 Å². The molecule has 0 aliphatic carbocycles. The van der Waals surface area contributed by atoms with Crippen LogP contribution in [0.4, 0.5) is 17.1 Å². The van der Waals surface area contributed by atoms with E-state index in [1.54, 1.807) is 0 Å². The largest absolute Gasteiger partial charge is 0.456 e. The van der Waals surface area contributed by atoms with Crippen molar-refractivity contribution in [2.24, 2.45) is 0 Å². The lowest BCUT2D eigenvalue weighted by atomic mass is 9.98. The number of hydrogen-bond acceptors (Lipinski definition) is 3. The van der Waals surface area contributed by atoms with Crippen LogP contribution in [0.3, 0.4) is 0 Å². The second-order valence-corrected chi connectivity index (χ2v) is 13.3. The third kappa shape index (κ3) is 4.38. The molecular formula is C48H29NO2. The van der Waals surface area contributed by atoms with E-state index in [1.165, 1.54) is 38.1 Å². The summed E-state index contributed by atoms with van der Waals surface area (Å²) in [6, 6.07) is 62.7. The Morgan fingerprint density at radius 2 is 0.922 bits per heavy atom. The second-order valence-electron chi connectivity index (χ2n) is 13.3. The fourth-order valence-electron chi connectivity index (χ4n) is 7.95. The van der Waals surface area contributed by atoms with E-state index in [2.05, 4.69) is 169 Å². The van der Waals surface area contributed by atoms with Crippen LogP contribution in [0.1, 0.15) is 0 Å². The van der Waals surface area contributed by atoms with Crippen molar-refractivity contribution >= 4 is 93.3 Å². The summed E-state index contributed by atoms with van der Waals surface area (Å²) in [5, 5.41) is 11.6. The van der Waals surface area contributed by atoms with Crippen molar-refractivity contribution in [2.45, 2.75) is 0 Å². The minimum Gasteiger partial charge on any atom is -0.456 e. The van der Waals surface area contributed by atoms with E-state index in [1.807, 2.05) is 12.1 Å². The summed E-state index contributed by atoms with van der Waals surface area (Å²) >= 11 is 0. The maximum Gasteiger partial charge on any atom is 0.137 e. The van der Waals surface area contributed by atoms with Gasteiger partial charge in [-0.25, -0.2) is 0 Å². The van der Waals surface area contributed by atoms with Crippen molar-refractivity contribution in [1.82, 2.24) is 0 Å². The van der Waals surface area contributed by atoms with Crippen molar-refractivity contribution in [1.29, 1.82) is 0 Å². The van der Waals surface area contributed by atoms with Gasteiger partial charge in [0.05, 0.1) is 5.69 Å². The molecule has 11 aromatic rings. The van der Waals surface area contributed by atoms with Crippen molar-refractivity contribution in [3.8, 4) is 11.1 Å². The molecule has 0 radical (unpaired) electrons. The molecule has 238 valence electrons. The number of fused-ring (bicyclic) bond motifs is 10. The van der Waals surface area contributed by atoms with Gasteiger partial charge in [0.25, 0.3) is 0 Å². The highest BCUT2D eigenvalue weighted by atomic mass is 16.3. The number of nitrogens with zero attached hydrogens (tertiary/aromatic N) is 1. The zero-order chi connectivity index (χ0) is 33.5. The molecule has 0 saturated heterocycles. The summed E-state index contributed by atoms with van der Waals surface area (Å²) in [6.07, 6.45) is 0. The van der Waals surface area contributed by atoms with Gasteiger partial charge in [-0.1, -0.05) is 109 Å². The molecule has 11 rings (SSSR count). The molecule has 0 unspecified atom stereocenters. The van der Waals surface area contributed by atoms with Crippen LogP contribution in [-0.4, -0.2) is 0 Å². The topological polar surface area (TPSA) is 29.5 Å². The van der Waals surface area contributed by atoms with Crippen LogP contribution in [0.15, 0.2) is 185 Å². The van der Waals surface area contributed by atoms with Gasteiger partial charge < -0.3 is 13.7 Å². The summed E-state index contributed by atoms with van der Waals surface area (Å²) in [6.45, 7) is 0. The van der Waals surface area contributed by atoms with Gasteiger partial charge in [-0.3, -0.25) is 0 Å². The first-order valence-electron chi connectivity index (χ1n) is 17.3.